The summed E-state index contributed by atoms with van der Waals surface area (Å²) >= 11 is 0. The number of carbonyl (C=O) groups is 1. The third-order valence-corrected chi connectivity index (χ3v) is 4.31. The number of hydrogen-bond acceptors (Lipinski definition) is 2. The summed E-state index contributed by atoms with van der Waals surface area (Å²) in [5.41, 5.74) is 9.34. The third kappa shape index (κ3) is 3.04. The number of anilines is 1. The van der Waals surface area contributed by atoms with Crippen LogP contribution in [0.15, 0.2) is 18.2 Å². The molecule has 1 aromatic carbocycles. The average molecular weight is 274 g/mol. The fourth-order valence-corrected chi connectivity index (χ4v) is 3.00. The van der Waals surface area contributed by atoms with Gasteiger partial charge in [0.15, 0.2) is 0 Å². The van der Waals surface area contributed by atoms with Crippen LogP contribution in [-0.2, 0) is 17.6 Å². The summed E-state index contributed by atoms with van der Waals surface area (Å²) in [6.45, 7) is 5.76. The topological polar surface area (TPSA) is 46.3 Å². The first-order valence-electron chi connectivity index (χ1n) is 7.84. The molecule has 1 aliphatic rings. The fraction of sp³-hybridized carbons (Fsp3) is 0.588. The van der Waals surface area contributed by atoms with Gasteiger partial charge in [-0.15, -0.1) is 0 Å². The van der Waals surface area contributed by atoms with Gasteiger partial charge in [0.25, 0.3) is 0 Å². The molecule has 0 spiro atoms. The number of rotatable bonds is 6. The van der Waals surface area contributed by atoms with Gasteiger partial charge in [0, 0.05) is 18.2 Å². The zero-order valence-electron chi connectivity index (χ0n) is 12.7. The van der Waals surface area contributed by atoms with Crippen molar-refractivity contribution < 1.29 is 4.79 Å². The molecule has 110 valence electrons. The van der Waals surface area contributed by atoms with Gasteiger partial charge in [-0.25, -0.2) is 0 Å². The van der Waals surface area contributed by atoms with E-state index in [1.807, 2.05) is 4.90 Å². The standard InChI is InChI=1S/C17H26N2O/c1-3-14(4-2)17(20)19-11-9-15-12-13(6-5-10-18)7-8-16(15)19/h7-8,12,14H,3-6,9-11,18H2,1-2H3. The van der Waals surface area contributed by atoms with Crippen LogP contribution in [0.3, 0.4) is 0 Å². The summed E-state index contributed by atoms with van der Waals surface area (Å²) in [5, 5.41) is 0. The summed E-state index contributed by atoms with van der Waals surface area (Å²) in [7, 11) is 0. The molecule has 2 rings (SSSR count). The number of benzene rings is 1. The van der Waals surface area contributed by atoms with Crippen LogP contribution in [0.25, 0.3) is 0 Å². The van der Waals surface area contributed by atoms with Gasteiger partial charge in [-0.05, 0) is 55.8 Å². The second-order valence-electron chi connectivity index (χ2n) is 5.61. The Balaban J connectivity index is 2.15. The molecule has 1 aliphatic heterocycles. The molecule has 3 nitrogen and oxygen atoms in total. The first kappa shape index (κ1) is 15.0. The lowest BCUT2D eigenvalue weighted by atomic mass is 10.0. The van der Waals surface area contributed by atoms with Crippen molar-refractivity contribution in [1.82, 2.24) is 0 Å². The predicted molar refractivity (Wildman–Crippen MR) is 83.9 cm³/mol. The smallest absolute Gasteiger partial charge is 0.230 e. The van der Waals surface area contributed by atoms with Crippen molar-refractivity contribution in [3.63, 3.8) is 0 Å². The first-order chi connectivity index (χ1) is 9.71. The maximum atomic E-state index is 12.5. The highest BCUT2D eigenvalue weighted by Gasteiger charge is 2.28. The van der Waals surface area contributed by atoms with Crippen molar-refractivity contribution in [2.75, 3.05) is 18.0 Å². The molecule has 20 heavy (non-hydrogen) atoms. The van der Waals surface area contributed by atoms with Gasteiger partial charge in [-0.3, -0.25) is 4.79 Å². The molecule has 0 aliphatic carbocycles. The lowest BCUT2D eigenvalue weighted by Crippen LogP contribution is -2.34. The second kappa shape index (κ2) is 6.89. The molecule has 0 bridgehead atoms. The maximum absolute atomic E-state index is 12.5. The van der Waals surface area contributed by atoms with Crippen molar-refractivity contribution in [2.45, 2.75) is 46.0 Å². The van der Waals surface area contributed by atoms with Crippen LogP contribution >= 0.6 is 0 Å². The Morgan fingerprint density at radius 1 is 1.35 bits per heavy atom. The van der Waals surface area contributed by atoms with Crippen LogP contribution in [-0.4, -0.2) is 19.0 Å². The summed E-state index contributed by atoms with van der Waals surface area (Å²) in [6, 6.07) is 6.52. The quantitative estimate of drug-likeness (QED) is 0.867. The summed E-state index contributed by atoms with van der Waals surface area (Å²) in [4.78, 5) is 14.5. The Morgan fingerprint density at radius 3 is 2.75 bits per heavy atom. The molecule has 2 N–H and O–H groups in total. The normalized spacial score (nSPS) is 13.9. The minimum atomic E-state index is 0.165. The number of fused-ring (bicyclic) bond motifs is 1. The zero-order valence-corrected chi connectivity index (χ0v) is 12.7. The molecular formula is C17H26N2O. The third-order valence-electron chi connectivity index (χ3n) is 4.31. The SMILES string of the molecule is CCC(CC)C(=O)N1CCc2cc(CCCN)ccc21. The first-order valence-corrected chi connectivity index (χ1v) is 7.84. The Morgan fingerprint density at radius 2 is 2.10 bits per heavy atom. The molecule has 1 amide bonds. The second-order valence-corrected chi connectivity index (χ2v) is 5.61. The van der Waals surface area contributed by atoms with Gasteiger partial charge in [-0.2, -0.15) is 0 Å². The van der Waals surface area contributed by atoms with E-state index in [1.54, 1.807) is 0 Å². The monoisotopic (exact) mass is 274 g/mol. The number of nitrogens with zero attached hydrogens (tertiary/aromatic N) is 1. The van der Waals surface area contributed by atoms with Gasteiger partial charge >= 0.3 is 0 Å². The van der Waals surface area contributed by atoms with Crippen LogP contribution in [0.2, 0.25) is 0 Å². The number of nitrogens with two attached hydrogens (primary N) is 1. The minimum absolute atomic E-state index is 0.165. The van der Waals surface area contributed by atoms with E-state index >= 15 is 0 Å². The molecule has 0 saturated carbocycles. The Labute approximate surface area is 122 Å². The number of carbonyl (C=O) groups excluding carboxylic acids is 1. The van der Waals surface area contributed by atoms with Gasteiger partial charge < -0.3 is 10.6 Å². The van der Waals surface area contributed by atoms with Crippen molar-refractivity contribution in [2.24, 2.45) is 11.7 Å². The Hall–Kier alpha value is -1.35. The molecule has 3 heteroatoms. The Kier molecular flexibility index (Phi) is 5.18. The lowest BCUT2D eigenvalue weighted by Gasteiger charge is -2.22. The van der Waals surface area contributed by atoms with Crippen LogP contribution in [0.5, 0.6) is 0 Å². The summed E-state index contributed by atoms with van der Waals surface area (Å²) < 4.78 is 0. The lowest BCUT2D eigenvalue weighted by molar-refractivity contribution is -0.122. The number of amides is 1. The van der Waals surface area contributed by atoms with Crippen LogP contribution in [0.4, 0.5) is 5.69 Å². The molecule has 0 radical (unpaired) electrons. The average Bonchev–Trinajstić information content (AvgIpc) is 2.89. The molecule has 0 unspecified atom stereocenters. The number of aryl methyl sites for hydroxylation is 1. The van der Waals surface area contributed by atoms with E-state index in [0.717, 1.165) is 50.9 Å². The molecule has 0 saturated heterocycles. The van der Waals surface area contributed by atoms with Crippen LogP contribution in [0, 0.1) is 5.92 Å². The molecule has 0 fully saturated rings. The summed E-state index contributed by atoms with van der Waals surface area (Å²) in [6.07, 6.45) is 4.89. The van der Waals surface area contributed by atoms with Crippen molar-refractivity contribution in [1.29, 1.82) is 0 Å². The minimum Gasteiger partial charge on any atom is -0.330 e. The van der Waals surface area contributed by atoms with E-state index in [-0.39, 0.29) is 5.92 Å². The number of hydrogen-bond donors (Lipinski definition) is 1. The molecular weight excluding hydrogens is 248 g/mol. The fourth-order valence-electron chi connectivity index (χ4n) is 3.00. The maximum Gasteiger partial charge on any atom is 0.230 e. The van der Waals surface area contributed by atoms with Gasteiger partial charge in [0.2, 0.25) is 5.91 Å². The van der Waals surface area contributed by atoms with Crippen LogP contribution in [0.1, 0.15) is 44.2 Å². The van der Waals surface area contributed by atoms with E-state index < -0.39 is 0 Å². The van der Waals surface area contributed by atoms with Gasteiger partial charge in [0.05, 0.1) is 0 Å². The van der Waals surface area contributed by atoms with Crippen molar-refractivity contribution >= 4 is 11.6 Å². The van der Waals surface area contributed by atoms with E-state index in [2.05, 4.69) is 32.0 Å². The van der Waals surface area contributed by atoms with Crippen LogP contribution < -0.4 is 10.6 Å². The highest BCUT2D eigenvalue weighted by Crippen LogP contribution is 2.31. The molecule has 0 atom stereocenters. The largest absolute Gasteiger partial charge is 0.330 e. The predicted octanol–water partition coefficient (Wildman–Crippen LogP) is 2.90. The van der Waals surface area contributed by atoms with Gasteiger partial charge in [-0.1, -0.05) is 26.0 Å². The van der Waals surface area contributed by atoms with Crippen molar-refractivity contribution in [3.05, 3.63) is 29.3 Å². The van der Waals surface area contributed by atoms with E-state index in [1.165, 1.54) is 11.1 Å². The van der Waals surface area contributed by atoms with Gasteiger partial charge in [0.1, 0.15) is 0 Å². The van der Waals surface area contributed by atoms with Crippen molar-refractivity contribution in [3.8, 4) is 0 Å². The molecule has 1 heterocycles. The van der Waals surface area contributed by atoms with E-state index in [9.17, 15) is 4.79 Å². The highest BCUT2D eigenvalue weighted by molar-refractivity contribution is 5.97. The van der Waals surface area contributed by atoms with E-state index in [4.69, 9.17) is 5.73 Å². The molecule has 0 aromatic heterocycles. The van der Waals surface area contributed by atoms with E-state index in [0.29, 0.717) is 5.91 Å². The summed E-state index contributed by atoms with van der Waals surface area (Å²) in [5.74, 6) is 0.460. The Bertz CT molecular complexity index is 466. The highest BCUT2D eigenvalue weighted by atomic mass is 16.2. The molecule has 1 aromatic rings. The zero-order chi connectivity index (χ0) is 14.5.